The topological polar surface area (TPSA) is 38.3 Å². The first kappa shape index (κ1) is 17.4. The summed E-state index contributed by atoms with van der Waals surface area (Å²) in [4.78, 5) is 12.5. The van der Waals surface area contributed by atoms with Crippen molar-refractivity contribution in [3.8, 4) is 16.9 Å². The normalized spacial score (nSPS) is 14.2. The number of carbonyl (C=O) groups is 1. The van der Waals surface area contributed by atoms with E-state index >= 15 is 0 Å². The lowest BCUT2D eigenvalue weighted by atomic mass is 9.97. The zero-order valence-corrected chi connectivity index (χ0v) is 15.8. The zero-order valence-electron chi connectivity index (χ0n) is 15.0. The first-order valence-corrected chi connectivity index (χ1v) is 9.02. The van der Waals surface area contributed by atoms with Gasteiger partial charge in [-0.1, -0.05) is 48.0 Å². The van der Waals surface area contributed by atoms with Crippen LogP contribution in [0.5, 0.6) is 5.75 Å². The number of amides is 1. The molecule has 0 aromatic heterocycles. The number of rotatable bonds is 3. The predicted octanol–water partition coefficient (Wildman–Crippen LogP) is 5.82. The molecule has 0 saturated carbocycles. The van der Waals surface area contributed by atoms with Gasteiger partial charge in [0.05, 0.1) is 7.11 Å². The Hall–Kier alpha value is -3.04. The van der Waals surface area contributed by atoms with Crippen molar-refractivity contribution < 1.29 is 9.53 Å². The Morgan fingerprint density at radius 3 is 2.56 bits per heavy atom. The van der Waals surface area contributed by atoms with Crippen LogP contribution in [0.2, 0.25) is 5.02 Å². The highest BCUT2D eigenvalue weighted by Crippen LogP contribution is 2.39. The average molecular weight is 376 g/mol. The number of nitrogens with one attached hydrogen (secondary N) is 1. The fraction of sp³-hybridized carbons (Fsp3) is 0.0870. The van der Waals surface area contributed by atoms with E-state index in [1.54, 1.807) is 13.2 Å². The summed E-state index contributed by atoms with van der Waals surface area (Å²) in [5.41, 5.74) is 6.14. The van der Waals surface area contributed by atoms with Gasteiger partial charge in [-0.05, 0) is 54.0 Å². The number of ether oxygens (including phenoxy) is 1. The Kier molecular flexibility index (Phi) is 4.46. The Morgan fingerprint density at radius 1 is 1.04 bits per heavy atom. The van der Waals surface area contributed by atoms with Crippen LogP contribution in [0.1, 0.15) is 16.7 Å². The summed E-state index contributed by atoms with van der Waals surface area (Å²) in [6.07, 6.45) is 1.90. The fourth-order valence-electron chi connectivity index (χ4n) is 3.40. The molecule has 134 valence electrons. The second-order valence-electron chi connectivity index (χ2n) is 6.43. The Labute approximate surface area is 163 Å². The molecule has 1 N–H and O–H groups in total. The summed E-state index contributed by atoms with van der Waals surface area (Å²) in [7, 11) is 1.66. The maximum absolute atomic E-state index is 12.5. The van der Waals surface area contributed by atoms with Crippen LogP contribution < -0.4 is 10.1 Å². The second-order valence-corrected chi connectivity index (χ2v) is 6.84. The van der Waals surface area contributed by atoms with Crippen molar-refractivity contribution in [1.82, 2.24) is 0 Å². The smallest absolute Gasteiger partial charge is 0.256 e. The summed E-state index contributed by atoms with van der Waals surface area (Å²) in [5, 5.41) is 3.56. The van der Waals surface area contributed by atoms with Crippen LogP contribution in [0, 0.1) is 6.92 Å². The molecule has 0 aliphatic carbocycles. The first-order chi connectivity index (χ1) is 13.1. The van der Waals surface area contributed by atoms with E-state index in [0.717, 1.165) is 39.3 Å². The van der Waals surface area contributed by atoms with Gasteiger partial charge in [0.15, 0.2) is 0 Å². The highest BCUT2D eigenvalue weighted by molar-refractivity contribution is 6.37. The zero-order chi connectivity index (χ0) is 19.0. The third-order valence-corrected chi connectivity index (χ3v) is 5.19. The lowest BCUT2D eigenvalue weighted by Gasteiger charge is -2.10. The van der Waals surface area contributed by atoms with Crippen LogP contribution in [-0.4, -0.2) is 13.0 Å². The molecule has 4 rings (SSSR count). The van der Waals surface area contributed by atoms with E-state index in [1.807, 2.05) is 67.6 Å². The van der Waals surface area contributed by atoms with Crippen molar-refractivity contribution in [2.45, 2.75) is 6.92 Å². The Morgan fingerprint density at radius 2 is 1.81 bits per heavy atom. The Balaban J connectivity index is 1.85. The molecule has 4 heteroatoms. The number of methoxy groups -OCH3 is 1. The van der Waals surface area contributed by atoms with Crippen molar-refractivity contribution >= 4 is 34.8 Å². The fourth-order valence-corrected chi connectivity index (χ4v) is 3.56. The van der Waals surface area contributed by atoms with Gasteiger partial charge in [-0.2, -0.15) is 0 Å². The van der Waals surface area contributed by atoms with Crippen LogP contribution in [0.4, 0.5) is 5.69 Å². The molecule has 0 radical (unpaired) electrons. The van der Waals surface area contributed by atoms with Gasteiger partial charge in [-0.3, -0.25) is 4.79 Å². The molecule has 27 heavy (non-hydrogen) atoms. The molecule has 0 bridgehead atoms. The van der Waals surface area contributed by atoms with Crippen molar-refractivity contribution in [3.63, 3.8) is 0 Å². The minimum atomic E-state index is -0.118. The number of hydrogen-bond acceptors (Lipinski definition) is 2. The molecule has 1 amide bonds. The molecule has 3 aromatic carbocycles. The number of benzene rings is 3. The quantitative estimate of drug-likeness (QED) is 0.586. The number of hydrogen-bond donors (Lipinski definition) is 1. The first-order valence-electron chi connectivity index (χ1n) is 8.64. The summed E-state index contributed by atoms with van der Waals surface area (Å²) < 4.78 is 5.52. The van der Waals surface area contributed by atoms with E-state index in [-0.39, 0.29) is 5.91 Å². The third-order valence-electron chi connectivity index (χ3n) is 4.78. The maximum Gasteiger partial charge on any atom is 0.256 e. The summed E-state index contributed by atoms with van der Waals surface area (Å²) in [6.45, 7) is 1.93. The van der Waals surface area contributed by atoms with Crippen LogP contribution in [0.3, 0.4) is 0 Å². The molecule has 1 aliphatic heterocycles. The van der Waals surface area contributed by atoms with E-state index in [0.29, 0.717) is 10.6 Å². The van der Waals surface area contributed by atoms with E-state index in [9.17, 15) is 4.79 Å². The van der Waals surface area contributed by atoms with Crippen LogP contribution in [0.25, 0.3) is 22.8 Å². The van der Waals surface area contributed by atoms with Crippen molar-refractivity contribution in [2.24, 2.45) is 0 Å². The molecule has 0 fully saturated rings. The molecule has 1 heterocycles. The SMILES string of the molecule is COc1ccc(/C=C2/C(=O)Nc3ccc(Cl)c(C)c32)cc1-c1ccccc1. The monoisotopic (exact) mass is 375 g/mol. The molecular formula is C23H18ClNO2. The van der Waals surface area contributed by atoms with Gasteiger partial charge in [-0.15, -0.1) is 0 Å². The van der Waals surface area contributed by atoms with Gasteiger partial charge in [0, 0.05) is 27.4 Å². The van der Waals surface area contributed by atoms with Gasteiger partial charge >= 0.3 is 0 Å². The number of anilines is 1. The number of carbonyl (C=O) groups excluding carboxylic acids is 1. The van der Waals surface area contributed by atoms with Crippen LogP contribution in [-0.2, 0) is 4.79 Å². The molecule has 0 saturated heterocycles. The molecule has 0 spiro atoms. The molecule has 3 aromatic rings. The molecule has 0 atom stereocenters. The van der Waals surface area contributed by atoms with E-state index < -0.39 is 0 Å². The average Bonchev–Trinajstić information content (AvgIpc) is 3.01. The number of halogens is 1. The largest absolute Gasteiger partial charge is 0.496 e. The van der Waals surface area contributed by atoms with Crippen LogP contribution in [0.15, 0.2) is 60.7 Å². The summed E-state index contributed by atoms with van der Waals surface area (Å²) in [6, 6.07) is 19.6. The van der Waals surface area contributed by atoms with E-state index in [4.69, 9.17) is 16.3 Å². The van der Waals surface area contributed by atoms with Crippen molar-refractivity contribution in [1.29, 1.82) is 0 Å². The highest BCUT2D eigenvalue weighted by Gasteiger charge is 2.26. The molecule has 0 unspecified atom stereocenters. The second kappa shape index (κ2) is 6.93. The van der Waals surface area contributed by atoms with Crippen LogP contribution >= 0.6 is 11.6 Å². The minimum Gasteiger partial charge on any atom is -0.496 e. The lowest BCUT2D eigenvalue weighted by Crippen LogP contribution is -2.03. The predicted molar refractivity (Wildman–Crippen MR) is 111 cm³/mol. The van der Waals surface area contributed by atoms with Crippen molar-refractivity contribution in [3.05, 3.63) is 82.4 Å². The highest BCUT2D eigenvalue weighted by atomic mass is 35.5. The minimum absolute atomic E-state index is 0.118. The van der Waals surface area contributed by atoms with E-state index in [2.05, 4.69) is 5.32 Å². The standard InChI is InChI=1S/C23H18ClNO2/c1-14-19(24)9-10-20-22(14)18(23(26)25-20)13-15-8-11-21(27-2)17(12-15)16-6-4-3-5-7-16/h3-13H,1-2H3,(H,25,26)/b18-13+. The summed E-state index contributed by atoms with van der Waals surface area (Å²) in [5.74, 6) is 0.672. The lowest BCUT2D eigenvalue weighted by molar-refractivity contribution is -0.110. The molecule has 1 aliphatic rings. The van der Waals surface area contributed by atoms with Gasteiger partial charge in [0.25, 0.3) is 5.91 Å². The maximum atomic E-state index is 12.5. The van der Waals surface area contributed by atoms with Crippen molar-refractivity contribution in [2.75, 3.05) is 12.4 Å². The van der Waals surface area contributed by atoms with Gasteiger partial charge in [0.1, 0.15) is 5.75 Å². The Bertz CT molecular complexity index is 1070. The van der Waals surface area contributed by atoms with E-state index in [1.165, 1.54) is 0 Å². The van der Waals surface area contributed by atoms with Gasteiger partial charge in [-0.25, -0.2) is 0 Å². The molecular weight excluding hydrogens is 358 g/mol. The van der Waals surface area contributed by atoms with Gasteiger partial charge in [0.2, 0.25) is 0 Å². The molecule has 3 nitrogen and oxygen atoms in total. The van der Waals surface area contributed by atoms with Gasteiger partial charge < -0.3 is 10.1 Å². The third kappa shape index (κ3) is 3.11. The summed E-state index contributed by atoms with van der Waals surface area (Å²) >= 11 is 6.27. The number of fused-ring (bicyclic) bond motifs is 1.